The topological polar surface area (TPSA) is 57.2 Å². The molecule has 0 bridgehead atoms. The first-order valence-electron chi connectivity index (χ1n) is 10.9. The lowest BCUT2D eigenvalue weighted by Gasteiger charge is -2.56. The molecule has 4 saturated carbocycles. The van der Waals surface area contributed by atoms with Crippen LogP contribution in [0.3, 0.4) is 0 Å². The summed E-state index contributed by atoms with van der Waals surface area (Å²) in [7, 11) is 0. The molecule has 0 radical (unpaired) electrons. The van der Waals surface area contributed by atoms with Crippen molar-refractivity contribution in [1.29, 1.82) is 0 Å². The van der Waals surface area contributed by atoms with Crippen LogP contribution in [-0.2, 0) is 18.9 Å². The van der Waals surface area contributed by atoms with E-state index in [0.29, 0.717) is 42.8 Å². The number of aliphatic hydroxyl groups is 1. The van der Waals surface area contributed by atoms with Gasteiger partial charge in [-0.15, -0.1) is 0 Å². The van der Waals surface area contributed by atoms with Crippen LogP contribution in [0.2, 0.25) is 0 Å². The fraction of sp³-hybridized carbons (Fsp3) is 1.00. The Labute approximate surface area is 155 Å². The van der Waals surface area contributed by atoms with Crippen LogP contribution in [0.4, 0.5) is 0 Å². The number of hydrogen-bond acceptors (Lipinski definition) is 5. The van der Waals surface area contributed by atoms with E-state index in [0.717, 1.165) is 51.2 Å². The summed E-state index contributed by atoms with van der Waals surface area (Å²) in [5.41, 5.74) is 0. The van der Waals surface area contributed by atoms with Crippen LogP contribution >= 0.6 is 0 Å². The molecule has 2 heterocycles. The number of ether oxygens (including phenoxy) is 4. The van der Waals surface area contributed by atoms with Gasteiger partial charge in [0.05, 0.1) is 32.5 Å². The summed E-state index contributed by atoms with van der Waals surface area (Å²) >= 11 is 0. The SMILES string of the molecule is OC1CC2C(CCC3C2CCC32OCCO2)C2CCC3(CC12)OCCO3. The number of fused-ring (bicyclic) bond motifs is 6. The predicted molar refractivity (Wildman–Crippen MR) is 93.2 cm³/mol. The van der Waals surface area contributed by atoms with Crippen molar-refractivity contribution in [1.82, 2.24) is 0 Å². The van der Waals surface area contributed by atoms with Gasteiger partial charge in [0.25, 0.3) is 0 Å². The molecule has 0 aromatic rings. The minimum Gasteiger partial charge on any atom is -0.393 e. The van der Waals surface area contributed by atoms with Crippen molar-refractivity contribution in [3.63, 3.8) is 0 Å². The Morgan fingerprint density at radius 1 is 0.654 bits per heavy atom. The van der Waals surface area contributed by atoms with Crippen molar-refractivity contribution in [3.05, 3.63) is 0 Å². The highest BCUT2D eigenvalue weighted by molar-refractivity contribution is 5.07. The van der Waals surface area contributed by atoms with Crippen LogP contribution in [0, 0.1) is 35.5 Å². The number of rotatable bonds is 0. The molecular weight excluding hydrogens is 332 g/mol. The summed E-state index contributed by atoms with van der Waals surface area (Å²) in [5.74, 6) is 2.98. The lowest BCUT2D eigenvalue weighted by atomic mass is 9.52. The van der Waals surface area contributed by atoms with E-state index < -0.39 is 0 Å². The molecule has 6 fully saturated rings. The lowest BCUT2D eigenvalue weighted by molar-refractivity contribution is -0.230. The first kappa shape index (κ1) is 16.7. The third-order valence-electron chi connectivity index (χ3n) is 8.92. The fourth-order valence-electron chi connectivity index (χ4n) is 8.02. The van der Waals surface area contributed by atoms with Gasteiger partial charge >= 0.3 is 0 Å². The van der Waals surface area contributed by atoms with Gasteiger partial charge < -0.3 is 24.1 Å². The molecule has 0 amide bonds. The average Bonchev–Trinajstić information content (AvgIpc) is 3.38. The third-order valence-corrected chi connectivity index (χ3v) is 8.92. The summed E-state index contributed by atoms with van der Waals surface area (Å²) in [6, 6.07) is 0. The zero-order valence-electron chi connectivity index (χ0n) is 15.6. The van der Waals surface area contributed by atoms with E-state index in [-0.39, 0.29) is 17.7 Å². The van der Waals surface area contributed by atoms with Crippen LogP contribution in [0.15, 0.2) is 0 Å². The molecule has 7 unspecified atom stereocenters. The Morgan fingerprint density at radius 2 is 1.35 bits per heavy atom. The molecule has 2 spiro atoms. The Balaban J connectivity index is 1.24. The van der Waals surface area contributed by atoms with Crippen molar-refractivity contribution < 1.29 is 24.1 Å². The van der Waals surface area contributed by atoms with Crippen LogP contribution in [0.25, 0.3) is 0 Å². The summed E-state index contributed by atoms with van der Waals surface area (Å²) in [6.07, 6.45) is 8.60. The van der Waals surface area contributed by atoms with Crippen LogP contribution < -0.4 is 0 Å². The predicted octanol–water partition coefficient (Wildman–Crippen LogP) is 2.71. The largest absolute Gasteiger partial charge is 0.393 e. The molecule has 146 valence electrons. The lowest BCUT2D eigenvalue weighted by Crippen LogP contribution is -2.55. The Hall–Kier alpha value is -0.200. The molecular formula is C21H32O5. The van der Waals surface area contributed by atoms with E-state index in [4.69, 9.17) is 18.9 Å². The van der Waals surface area contributed by atoms with Gasteiger partial charge in [0, 0.05) is 25.2 Å². The van der Waals surface area contributed by atoms with Gasteiger partial charge in [-0.1, -0.05) is 0 Å². The maximum Gasteiger partial charge on any atom is 0.171 e. The molecule has 0 aromatic carbocycles. The smallest absolute Gasteiger partial charge is 0.171 e. The summed E-state index contributed by atoms with van der Waals surface area (Å²) in [6.45, 7) is 2.94. The van der Waals surface area contributed by atoms with Crippen molar-refractivity contribution in [3.8, 4) is 0 Å². The summed E-state index contributed by atoms with van der Waals surface area (Å²) in [5, 5.41) is 11.1. The van der Waals surface area contributed by atoms with Gasteiger partial charge in [-0.05, 0) is 61.7 Å². The van der Waals surface area contributed by atoms with Gasteiger partial charge in [0.1, 0.15) is 0 Å². The molecule has 7 atom stereocenters. The van der Waals surface area contributed by atoms with E-state index >= 15 is 0 Å². The second-order valence-electron chi connectivity index (χ2n) is 9.70. The highest BCUT2D eigenvalue weighted by Gasteiger charge is 2.61. The molecule has 6 rings (SSSR count). The molecule has 2 saturated heterocycles. The number of aliphatic hydroxyl groups excluding tert-OH is 1. The maximum atomic E-state index is 11.1. The third kappa shape index (κ3) is 2.27. The Morgan fingerprint density at radius 3 is 2.15 bits per heavy atom. The first-order chi connectivity index (χ1) is 12.7. The number of hydrogen-bond donors (Lipinski definition) is 1. The van der Waals surface area contributed by atoms with Gasteiger partial charge in [-0.2, -0.15) is 0 Å². The van der Waals surface area contributed by atoms with Crippen LogP contribution in [0.1, 0.15) is 51.4 Å². The van der Waals surface area contributed by atoms with E-state index in [1.807, 2.05) is 0 Å². The Bertz CT molecular complexity index is 553. The Kier molecular flexibility index (Phi) is 3.80. The average molecular weight is 364 g/mol. The van der Waals surface area contributed by atoms with Crippen molar-refractivity contribution >= 4 is 0 Å². The maximum absolute atomic E-state index is 11.1. The van der Waals surface area contributed by atoms with E-state index in [1.54, 1.807) is 0 Å². The van der Waals surface area contributed by atoms with Crippen LogP contribution in [0.5, 0.6) is 0 Å². The normalized spacial score (nSPS) is 51.3. The molecule has 5 nitrogen and oxygen atoms in total. The summed E-state index contributed by atoms with van der Waals surface area (Å²) < 4.78 is 24.2. The van der Waals surface area contributed by atoms with E-state index in [9.17, 15) is 5.11 Å². The highest BCUT2D eigenvalue weighted by Crippen LogP contribution is 2.62. The quantitative estimate of drug-likeness (QED) is 0.716. The summed E-state index contributed by atoms with van der Waals surface area (Å²) in [4.78, 5) is 0. The fourth-order valence-corrected chi connectivity index (χ4v) is 8.02. The molecule has 0 aromatic heterocycles. The molecule has 2 aliphatic heterocycles. The van der Waals surface area contributed by atoms with E-state index in [2.05, 4.69) is 0 Å². The van der Waals surface area contributed by atoms with Crippen molar-refractivity contribution in [2.45, 2.75) is 69.0 Å². The van der Waals surface area contributed by atoms with E-state index in [1.165, 1.54) is 19.3 Å². The zero-order valence-corrected chi connectivity index (χ0v) is 15.6. The second-order valence-corrected chi connectivity index (χ2v) is 9.70. The highest BCUT2D eigenvalue weighted by atomic mass is 16.7. The van der Waals surface area contributed by atoms with Gasteiger partial charge in [-0.25, -0.2) is 0 Å². The standard InChI is InChI=1S/C21H32O5/c22-19-11-16-13(14-3-5-20(12-17(14)19)23-7-8-24-20)1-2-18-15(16)4-6-21(18)25-9-10-26-21/h13-19,22H,1-12H2. The van der Waals surface area contributed by atoms with Gasteiger partial charge in [0.15, 0.2) is 11.6 Å². The monoisotopic (exact) mass is 364 g/mol. The zero-order chi connectivity index (χ0) is 17.4. The van der Waals surface area contributed by atoms with Gasteiger partial charge in [0.2, 0.25) is 0 Å². The molecule has 5 heteroatoms. The van der Waals surface area contributed by atoms with Crippen molar-refractivity contribution in [2.24, 2.45) is 35.5 Å². The minimum atomic E-state index is -0.380. The van der Waals surface area contributed by atoms with Gasteiger partial charge in [-0.3, -0.25) is 0 Å². The minimum absolute atomic E-state index is 0.202. The van der Waals surface area contributed by atoms with Crippen LogP contribution in [-0.4, -0.2) is 49.2 Å². The molecule has 26 heavy (non-hydrogen) atoms. The first-order valence-corrected chi connectivity index (χ1v) is 10.9. The second kappa shape index (κ2) is 5.90. The van der Waals surface area contributed by atoms with Crippen molar-refractivity contribution in [2.75, 3.05) is 26.4 Å². The molecule has 6 aliphatic rings. The molecule has 4 aliphatic carbocycles. The molecule has 1 N–H and O–H groups in total.